The van der Waals surface area contributed by atoms with Crippen molar-refractivity contribution in [3.05, 3.63) is 23.4 Å². The molecule has 0 bridgehead atoms. The molecule has 0 atom stereocenters. The van der Waals surface area contributed by atoms with Crippen LogP contribution in [0.3, 0.4) is 0 Å². The van der Waals surface area contributed by atoms with Crippen molar-refractivity contribution in [1.29, 1.82) is 0 Å². The number of pyridine rings is 1. The van der Waals surface area contributed by atoms with Crippen molar-refractivity contribution in [2.75, 3.05) is 7.11 Å². The summed E-state index contributed by atoms with van der Waals surface area (Å²) in [5, 5.41) is 0. The number of rotatable bonds is 4. The van der Waals surface area contributed by atoms with E-state index in [1.54, 1.807) is 6.20 Å². The summed E-state index contributed by atoms with van der Waals surface area (Å²) >= 11 is 0. The van der Waals surface area contributed by atoms with Gasteiger partial charge in [-0.2, -0.15) is 0 Å². The number of nitrogens with zero attached hydrogens (tertiary/aromatic N) is 1. The number of carbonyl (C=O) groups excluding carboxylic acids is 1. The molecule has 94 valence electrons. The van der Waals surface area contributed by atoms with Crippen LogP contribution in [0.15, 0.2) is 12.3 Å². The van der Waals surface area contributed by atoms with Gasteiger partial charge in [-0.05, 0) is 31.4 Å². The normalized spacial score (nSPS) is 10.8. The molecule has 0 aromatic carbocycles. The van der Waals surface area contributed by atoms with E-state index < -0.39 is 0 Å². The minimum absolute atomic E-state index is 0.160. The maximum Gasteiger partial charge on any atom is 0.344 e. The molecule has 0 aliphatic heterocycles. The van der Waals surface area contributed by atoms with Crippen molar-refractivity contribution in [2.45, 2.75) is 39.7 Å². The highest BCUT2D eigenvalue weighted by atomic mass is 16.5. The van der Waals surface area contributed by atoms with Crippen LogP contribution in [0, 0.1) is 0 Å². The molecule has 0 aliphatic carbocycles. The second-order valence-corrected chi connectivity index (χ2v) is 4.39. The van der Waals surface area contributed by atoms with Gasteiger partial charge in [0.05, 0.1) is 13.2 Å². The molecule has 1 heterocycles. The Morgan fingerprint density at radius 1 is 1.29 bits per heavy atom. The highest BCUT2D eigenvalue weighted by Gasteiger charge is 2.22. The Morgan fingerprint density at radius 3 is 2.41 bits per heavy atom. The third kappa shape index (κ3) is 3.19. The van der Waals surface area contributed by atoms with Crippen LogP contribution >= 0.6 is 0 Å². The van der Waals surface area contributed by atoms with E-state index in [9.17, 15) is 4.79 Å². The van der Waals surface area contributed by atoms with Gasteiger partial charge in [0.1, 0.15) is 5.56 Å². The molecule has 0 saturated carbocycles. The van der Waals surface area contributed by atoms with E-state index in [2.05, 4.69) is 4.98 Å². The minimum atomic E-state index is -0.381. The molecule has 4 heteroatoms. The third-order valence-electron chi connectivity index (χ3n) is 2.31. The van der Waals surface area contributed by atoms with Crippen LogP contribution in [0.1, 0.15) is 49.5 Å². The lowest BCUT2D eigenvalue weighted by molar-refractivity contribution is 0.0371. The zero-order chi connectivity index (χ0) is 13.0. The Kier molecular flexibility index (Phi) is 4.49. The molecule has 0 N–H and O–H groups in total. The number of carbonyl (C=O) groups is 1. The standard InChI is InChI=1S/C13H19NO3/c1-8(2)10-6-7-14-12(16-5)11(10)13(15)17-9(3)4/h6-9H,1-5H3. The van der Waals surface area contributed by atoms with Gasteiger partial charge in [0.2, 0.25) is 5.88 Å². The topological polar surface area (TPSA) is 48.4 Å². The summed E-state index contributed by atoms with van der Waals surface area (Å²) in [6.07, 6.45) is 1.48. The summed E-state index contributed by atoms with van der Waals surface area (Å²) in [6.45, 7) is 7.66. The predicted molar refractivity (Wildman–Crippen MR) is 65.4 cm³/mol. The van der Waals surface area contributed by atoms with E-state index in [1.165, 1.54) is 7.11 Å². The summed E-state index contributed by atoms with van der Waals surface area (Å²) in [6, 6.07) is 1.82. The van der Waals surface area contributed by atoms with Crippen molar-refractivity contribution in [3.63, 3.8) is 0 Å². The quantitative estimate of drug-likeness (QED) is 0.755. The van der Waals surface area contributed by atoms with Crippen molar-refractivity contribution >= 4 is 5.97 Å². The lowest BCUT2D eigenvalue weighted by atomic mass is 9.99. The average Bonchev–Trinajstić information content (AvgIpc) is 2.26. The van der Waals surface area contributed by atoms with Crippen molar-refractivity contribution in [3.8, 4) is 5.88 Å². The van der Waals surface area contributed by atoms with Gasteiger partial charge >= 0.3 is 5.97 Å². The first-order chi connectivity index (χ1) is 7.97. The lowest BCUT2D eigenvalue weighted by Gasteiger charge is -2.15. The Morgan fingerprint density at radius 2 is 1.94 bits per heavy atom. The largest absolute Gasteiger partial charge is 0.480 e. The first kappa shape index (κ1) is 13.5. The Bertz CT molecular complexity index is 400. The molecule has 4 nitrogen and oxygen atoms in total. The first-order valence-corrected chi connectivity index (χ1v) is 5.71. The highest BCUT2D eigenvalue weighted by molar-refractivity contribution is 5.93. The van der Waals surface area contributed by atoms with E-state index in [1.807, 2.05) is 33.8 Å². The third-order valence-corrected chi connectivity index (χ3v) is 2.31. The van der Waals surface area contributed by atoms with Gasteiger partial charge < -0.3 is 9.47 Å². The van der Waals surface area contributed by atoms with E-state index in [4.69, 9.17) is 9.47 Å². The molecule has 0 amide bonds. The molecule has 1 aromatic rings. The fourth-order valence-corrected chi connectivity index (χ4v) is 1.57. The molecule has 0 saturated heterocycles. The van der Waals surface area contributed by atoms with Crippen LogP contribution in [-0.4, -0.2) is 24.2 Å². The van der Waals surface area contributed by atoms with Crippen LogP contribution < -0.4 is 4.74 Å². The van der Waals surface area contributed by atoms with Crippen molar-refractivity contribution < 1.29 is 14.3 Å². The summed E-state index contributed by atoms with van der Waals surface area (Å²) < 4.78 is 10.3. The molecular weight excluding hydrogens is 218 g/mol. The van der Waals surface area contributed by atoms with Gasteiger partial charge in [-0.1, -0.05) is 13.8 Å². The summed E-state index contributed by atoms with van der Waals surface area (Å²) in [5.74, 6) is 0.150. The average molecular weight is 237 g/mol. The second kappa shape index (κ2) is 5.66. The number of hydrogen-bond acceptors (Lipinski definition) is 4. The molecule has 0 fully saturated rings. The fourth-order valence-electron chi connectivity index (χ4n) is 1.57. The van der Waals surface area contributed by atoms with Gasteiger partial charge in [0.15, 0.2) is 0 Å². The number of hydrogen-bond donors (Lipinski definition) is 0. The van der Waals surface area contributed by atoms with Crippen LogP contribution in [0.25, 0.3) is 0 Å². The number of methoxy groups -OCH3 is 1. The van der Waals surface area contributed by atoms with Gasteiger partial charge in [-0.25, -0.2) is 9.78 Å². The maximum absolute atomic E-state index is 12.0. The van der Waals surface area contributed by atoms with Gasteiger partial charge in [-0.15, -0.1) is 0 Å². The van der Waals surface area contributed by atoms with Crippen molar-refractivity contribution in [1.82, 2.24) is 4.98 Å². The fraction of sp³-hybridized carbons (Fsp3) is 0.538. The molecule has 0 aliphatic rings. The molecule has 0 unspecified atom stereocenters. The zero-order valence-corrected chi connectivity index (χ0v) is 11.0. The Labute approximate surface area is 102 Å². The Balaban J connectivity index is 3.22. The lowest BCUT2D eigenvalue weighted by Crippen LogP contribution is -2.16. The number of aromatic nitrogens is 1. The monoisotopic (exact) mass is 237 g/mol. The van der Waals surface area contributed by atoms with Crippen LogP contribution in [0.2, 0.25) is 0 Å². The molecule has 17 heavy (non-hydrogen) atoms. The molecule has 1 rings (SSSR count). The predicted octanol–water partition coefficient (Wildman–Crippen LogP) is 2.78. The zero-order valence-electron chi connectivity index (χ0n) is 11.0. The van der Waals surface area contributed by atoms with E-state index in [-0.39, 0.29) is 18.0 Å². The molecule has 1 aromatic heterocycles. The molecular formula is C13H19NO3. The van der Waals surface area contributed by atoms with E-state index >= 15 is 0 Å². The van der Waals surface area contributed by atoms with Crippen LogP contribution in [0.5, 0.6) is 5.88 Å². The highest BCUT2D eigenvalue weighted by Crippen LogP contribution is 2.26. The first-order valence-electron chi connectivity index (χ1n) is 5.71. The smallest absolute Gasteiger partial charge is 0.344 e. The maximum atomic E-state index is 12.0. The molecule has 0 spiro atoms. The van der Waals surface area contributed by atoms with Crippen molar-refractivity contribution in [2.24, 2.45) is 0 Å². The van der Waals surface area contributed by atoms with Crippen LogP contribution in [-0.2, 0) is 4.74 Å². The SMILES string of the molecule is COc1nccc(C(C)C)c1C(=O)OC(C)C. The summed E-state index contributed by atoms with van der Waals surface area (Å²) in [5.41, 5.74) is 1.32. The van der Waals surface area contributed by atoms with E-state index in [0.29, 0.717) is 11.4 Å². The summed E-state index contributed by atoms with van der Waals surface area (Å²) in [4.78, 5) is 16.1. The Hall–Kier alpha value is -1.58. The van der Waals surface area contributed by atoms with Gasteiger partial charge in [0, 0.05) is 6.20 Å². The van der Waals surface area contributed by atoms with E-state index in [0.717, 1.165) is 5.56 Å². The van der Waals surface area contributed by atoms with Crippen LogP contribution in [0.4, 0.5) is 0 Å². The number of ether oxygens (including phenoxy) is 2. The number of esters is 1. The van der Waals surface area contributed by atoms with Gasteiger partial charge in [0.25, 0.3) is 0 Å². The summed E-state index contributed by atoms with van der Waals surface area (Å²) in [7, 11) is 1.50. The molecule has 0 radical (unpaired) electrons. The minimum Gasteiger partial charge on any atom is -0.480 e. The second-order valence-electron chi connectivity index (χ2n) is 4.39. The van der Waals surface area contributed by atoms with Gasteiger partial charge in [-0.3, -0.25) is 0 Å².